The molecule has 1 aliphatic carbocycles. The second-order valence-electron chi connectivity index (χ2n) is 7.20. The van der Waals surface area contributed by atoms with Crippen molar-refractivity contribution in [1.82, 2.24) is 15.1 Å². The van der Waals surface area contributed by atoms with Crippen LogP contribution in [0.15, 0.2) is 0 Å². The number of nitrogens with zero attached hydrogens (tertiary/aromatic N) is 3. The lowest BCUT2D eigenvalue weighted by Gasteiger charge is -2.31. The van der Waals surface area contributed by atoms with Crippen molar-refractivity contribution in [2.24, 2.45) is 0 Å². The van der Waals surface area contributed by atoms with E-state index in [1.54, 1.807) is 0 Å². The maximum absolute atomic E-state index is 9.63. The van der Waals surface area contributed by atoms with Crippen LogP contribution in [0.3, 0.4) is 0 Å². The number of nitriles is 1. The summed E-state index contributed by atoms with van der Waals surface area (Å²) in [6.45, 7) is 8.20. The Bertz CT molecular complexity index is 391. The fraction of sp³-hybridized carbons (Fsp3) is 0.941. The van der Waals surface area contributed by atoms with Gasteiger partial charge in [-0.15, -0.1) is 0 Å². The van der Waals surface area contributed by atoms with Crippen LogP contribution in [0, 0.1) is 11.3 Å². The van der Waals surface area contributed by atoms with Gasteiger partial charge in [-0.05, 0) is 71.1 Å². The highest BCUT2D eigenvalue weighted by Gasteiger charge is 2.42. The van der Waals surface area contributed by atoms with Crippen LogP contribution in [0.4, 0.5) is 0 Å². The third-order valence-electron chi connectivity index (χ3n) is 5.77. The van der Waals surface area contributed by atoms with Gasteiger partial charge in [0.1, 0.15) is 5.54 Å². The summed E-state index contributed by atoms with van der Waals surface area (Å²) >= 11 is 0. The zero-order chi connectivity index (χ0) is 14.7. The van der Waals surface area contributed by atoms with Gasteiger partial charge < -0.3 is 0 Å². The molecule has 0 aromatic heterocycles. The number of rotatable bonds is 4. The van der Waals surface area contributed by atoms with Gasteiger partial charge in [-0.25, -0.2) is 0 Å². The minimum Gasteiger partial charge on any atom is -0.299 e. The van der Waals surface area contributed by atoms with E-state index in [4.69, 9.17) is 0 Å². The largest absolute Gasteiger partial charge is 0.299 e. The average Bonchev–Trinajstić information content (AvgIpc) is 3.08. The van der Waals surface area contributed by atoms with E-state index < -0.39 is 0 Å². The monoisotopic (exact) mass is 290 g/mol. The summed E-state index contributed by atoms with van der Waals surface area (Å²) in [5.74, 6) is 0. The van der Waals surface area contributed by atoms with Crippen molar-refractivity contribution in [2.75, 3.05) is 32.7 Å². The second kappa shape index (κ2) is 6.64. The average molecular weight is 290 g/mol. The van der Waals surface area contributed by atoms with Crippen LogP contribution in [0.25, 0.3) is 0 Å². The van der Waals surface area contributed by atoms with Crippen LogP contribution in [-0.2, 0) is 0 Å². The molecular weight excluding hydrogens is 260 g/mol. The third-order valence-corrected chi connectivity index (χ3v) is 5.77. The van der Waals surface area contributed by atoms with E-state index in [2.05, 4.69) is 28.1 Å². The van der Waals surface area contributed by atoms with Gasteiger partial charge in [0.15, 0.2) is 0 Å². The Morgan fingerprint density at radius 3 is 2.76 bits per heavy atom. The molecule has 4 nitrogen and oxygen atoms in total. The minimum atomic E-state index is -0.248. The zero-order valence-corrected chi connectivity index (χ0v) is 13.5. The molecule has 3 atom stereocenters. The third kappa shape index (κ3) is 3.26. The Labute approximate surface area is 129 Å². The second-order valence-corrected chi connectivity index (χ2v) is 7.20. The summed E-state index contributed by atoms with van der Waals surface area (Å²) in [6, 6.07) is 4.00. The van der Waals surface area contributed by atoms with E-state index in [1.807, 2.05) is 0 Å². The van der Waals surface area contributed by atoms with Crippen molar-refractivity contribution in [3.8, 4) is 6.07 Å². The standard InChI is InChI=1S/C17H30N4/c1-2-8-19-17(14-18)7-6-15(12-17)21-11-4-10-20-9-3-5-16(20)13-21/h15-16,19H,2-13H2,1H3. The number of hydrogen-bond donors (Lipinski definition) is 1. The van der Waals surface area contributed by atoms with Gasteiger partial charge in [0.05, 0.1) is 6.07 Å². The topological polar surface area (TPSA) is 42.3 Å². The number of fused-ring (bicyclic) bond motifs is 1. The Hall–Kier alpha value is -0.630. The molecular formula is C17H30N4. The molecule has 3 unspecified atom stereocenters. The molecule has 3 fully saturated rings. The highest BCUT2D eigenvalue weighted by Crippen LogP contribution is 2.34. The first-order valence-corrected chi connectivity index (χ1v) is 8.91. The molecule has 0 spiro atoms. The van der Waals surface area contributed by atoms with Crippen molar-refractivity contribution in [2.45, 2.75) is 69.5 Å². The Morgan fingerprint density at radius 2 is 1.95 bits per heavy atom. The van der Waals surface area contributed by atoms with E-state index in [1.165, 1.54) is 51.9 Å². The lowest BCUT2D eigenvalue weighted by atomic mass is 9.99. The van der Waals surface area contributed by atoms with Crippen molar-refractivity contribution in [3.63, 3.8) is 0 Å². The van der Waals surface area contributed by atoms with Crippen molar-refractivity contribution in [3.05, 3.63) is 0 Å². The van der Waals surface area contributed by atoms with Crippen LogP contribution in [0.1, 0.15) is 51.9 Å². The molecule has 2 heterocycles. The molecule has 0 aromatic rings. The fourth-order valence-corrected chi connectivity index (χ4v) is 4.56. The van der Waals surface area contributed by atoms with Gasteiger partial charge in [-0.1, -0.05) is 6.92 Å². The van der Waals surface area contributed by atoms with Crippen LogP contribution >= 0.6 is 0 Å². The lowest BCUT2D eigenvalue weighted by Crippen LogP contribution is -2.45. The van der Waals surface area contributed by atoms with E-state index in [0.29, 0.717) is 6.04 Å². The highest BCUT2D eigenvalue weighted by atomic mass is 15.3. The Kier molecular flexibility index (Phi) is 4.83. The summed E-state index contributed by atoms with van der Waals surface area (Å²) < 4.78 is 0. The molecule has 3 rings (SSSR count). The van der Waals surface area contributed by atoms with E-state index in [9.17, 15) is 5.26 Å². The van der Waals surface area contributed by atoms with Crippen molar-refractivity contribution in [1.29, 1.82) is 5.26 Å². The van der Waals surface area contributed by atoms with E-state index in [0.717, 1.165) is 31.8 Å². The molecule has 0 aromatic carbocycles. The minimum absolute atomic E-state index is 0.248. The van der Waals surface area contributed by atoms with Crippen LogP contribution < -0.4 is 5.32 Å². The van der Waals surface area contributed by atoms with Crippen LogP contribution in [0.2, 0.25) is 0 Å². The zero-order valence-electron chi connectivity index (χ0n) is 13.5. The first-order chi connectivity index (χ1) is 10.3. The Balaban J connectivity index is 1.61. The maximum Gasteiger partial charge on any atom is 0.108 e. The summed E-state index contributed by atoms with van der Waals surface area (Å²) in [6.07, 6.45) is 8.40. The molecule has 4 heteroatoms. The molecule has 2 aliphatic heterocycles. The van der Waals surface area contributed by atoms with Gasteiger partial charge in [-0.2, -0.15) is 5.26 Å². The molecule has 3 aliphatic rings. The first-order valence-electron chi connectivity index (χ1n) is 8.91. The van der Waals surface area contributed by atoms with Gasteiger partial charge >= 0.3 is 0 Å². The summed E-state index contributed by atoms with van der Waals surface area (Å²) in [7, 11) is 0. The molecule has 0 radical (unpaired) electrons. The maximum atomic E-state index is 9.63. The molecule has 118 valence electrons. The van der Waals surface area contributed by atoms with Gasteiger partial charge in [0, 0.05) is 18.6 Å². The number of hydrogen-bond acceptors (Lipinski definition) is 4. The van der Waals surface area contributed by atoms with E-state index >= 15 is 0 Å². The van der Waals surface area contributed by atoms with Gasteiger partial charge in [0.25, 0.3) is 0 Å². The first kappa shape index (κ1) is 15.3. The molecule has 1 saturated carbocycles. The summed E-state index contributed by atoms with van der Waals surface area (Å²) in [5.41, 5.74) is -0.248. The fourth-order valence-electron chi connectivity index (χ4n) is 4.56. The molecule has 21 heavy (non-hydrogen) atoms. The van der Waals surface area contributed by atoms with Crippen LogP contribution in [0.5, 0.6) is 0 Å². The number of nitrogens with one attached hydrogen (secondary N) is 1. The van der Waals surface area contributed by atoms with Gasteiger partial charge in [0.2, 0.25) is 0 Å². The Morgan fingerprint density at radius 1 is 1.14 bits per heavy atom. The predicted octanol–water partition coefficient (Wildman–Crippen LogP) is 1.97. The van der Waals surface area contributed by atoms with Crippen molar-refractivity contribution >= 4 is 0 Å². The van der Waals surface area contributed by atoms with Crippen LogP contribution in [-0.4, -0.2) is 60.1 Å². The van der Waals surface area contributed by atoms with Crippen molar-refractivity contribution < 1.29 is 0 Å². The smallest absolute Gasteiger partial charge is 0.108 e. The predicted molar refractivity (Wildman–Crippen MR) is 85.1 cm³/mol. The SMILES string of the molecule is CCCNC1(C#N)CCC(N2CCCN3CCCC3C2)C1. The molecule has 2 saturated heterocycles. The molecule has 0 amide bonds. The highest BCUT2D eigenvalue weighted by molar-refractivity contribution is 5.13. The molecule has 1 N–H and O–H groups in total. The lowest BCUT2D eigenvalue weighted by molar-refractivity contribution is 0.170. The van der Waals surface area contributed by atoms with Gasteiger partial charge in [-0.3, -0.25) is 15.1 Å². The normalized spacial score (nSPS) is 38.1. The van der Waals surface area contributed by atoms with E-state index in [-0.39, 0.29) is 5.54 Å². The quantitative estimate of drug-likeness (QED) is 0.859. The summed E-state index contributed by atoms with van der Waals surface area (Å²) in [4.78, 5) is 5.41. The summed E-state index contributed by atoms with van der Waals surface area (Å²) in [5, 5.41) is 13.2. The molecule has 0 bridgehead atoms.